The Kier molecular flexibility index (Phi) is 8.03. The van der Waals surface area contributed by atoms with Crippen LogP contribution in [0.2, 0.25) is 0 Å². The average molecular weight is 468 g/mol. The van der Waals surface area contributed by atoms with Gasteiger partial charge in [0.25, 0.3) is 5.91 Å². The number of amides is 2. The lowest BCUT2D eigenvalue weighted by molar-refractivity contribution is -0.143. The van der Waals surface area contributed by atoms with E-state index in [0.717, 1.165) is 24.0 Å². The molecule has 2 aliphatic rings. The van der Waals surface area contributed by atoms with Crippen molar-refractivity contribution in [1.82, 2.24) is 15.1 Å². The van der Waals surface area contributed by atoms with E-state index in [0.29, 0.717) is 50.8 Å². The smallest absolute Gasteiger partial charge is 0.251 e. The molecule has 2 aromatic rings. The molecule has 2 unspecified atom stereocenters. The minimum Gasteiger partial charge on any atom is -0.493 e. The average Bonchev–Trinajstić information content (AvgIpc) is 3.43. The van der Waals surface area contributed by atoms with Gasteiger partial charge in [0.15, 0.2) is 11.5 Å². The number of hydrogen-bond donors (Lipinski definition) is 1. The highest BCUT2D eigenvalue weighted by Gasteiger charge is 2.36. The summed E-state index contributed by atoms with van der Waals surface area (Å²) in [5, 5.41) is 3.08. The Bertz CT molecular complexity index is 970. The summed E-state index contributed by atoms with van der Waals surface area (Å²) < 4.78 is 16.7. The first-order valence-electron chi connectivity index (χ1n) is 11.8. The van der Waals surface area contributed by atoms with Crippen LogP contribution in [0, 0.1) is 0 Å². The highest BCUT2D eigenvalue weighted by atomic mass is 16.5. The number of carbonyl (C=O) groups is 2. The van der Waals surface area contributed by atoms with Crippen LogP contribution < -0.4 is 14.8 Å². The first kappa shape index (κ1) is 24.0. The molecule has 0 bridgehead atoms. The summed E-state index contributed by atoms with van der Waals surface area (Å²) in [5.41, 5.74) is 1.77. The van der Waals surface area contributed by atoms with Gasteiger partial charge in [-0.3, -0.25) is 14.5 Å². The molecule has 2 atom stereocenters. The number of hydrogen-bond acceptors (Lipinski definition) is 6. The highest BCUT2D eigenvalue weighted by molar-refractivity contribution is 5.85. The van der Waals surface area contributed by atoms with Crippen LogP contribution in [0.5, 0.6) is 11.5 Å². The van der Waals surface area contributed by atoms with Crippen molar-refractivity contribution < 1.29 is 23.8 Å². The summed E-state index contributed by atoms with van der Waals surface area (Å²) in [6, 6.07) is 14.8. The van der Waals surface area contributed by atoms with E-state index in [1.807, 2.05) is 53.4 Å². The second-order valence-electron chi connectivity index (χ2n) is 8.55. The Labute approximate surface area is 200 Å². The second-order valence-corrected chi connectivity index (χ2v) is 8.55. The number of para-hydroxylation sites is 1. The van der Waals surface area contributed by atoms with Gasteiger partial charge in [0.05, 0.1) is 14.2 Å². The van der Waals surface area contributed by atoms with Gasteiger partial charge in [0.2, 0.25) is 5.91 Å². The number of rotatable bonds is 8. The van der Waals surface area contributed by atoms with Gasteiger partial charge in [-0.05, 0) is 24.5 Å². The maximum atomic E-state index is 13.6. The zero-order valence-electron chi connectivity index (χ0n) is 19.9. The van der Waals surface area contributed by atoms with E-state index in [4.69, 9.17) is 14.2 Å². The van der Waals surface area contributed by atoms with Crippen LogP contribution in [0.4, 0.5) is 0 Å². The molecule has 0 spiro atoms. The molecular formula is C26H33N3O5. The second kappa shape index (κ2) is 11.4. The number of piperazine rings is 1. The van der Waals surface area contributed by atoms with Crippen molar-refractivity contribution in [3.63, 3.8) is 0 Å². The maximum Gasteiger partial charge on any atom is 0.251 e. The van der Waals surface area contributed by atoms with Gasteiger partial charge in [0.1, 0.15) is 12.1 Å². The van der Waals surface area contributed by atoms with Gasteiger partial charge in [-0.15, -0.1) is 0 Å². The zero-order chi connectivity index (χ0) is 23.9. The number of nitrogens with zero attached hydrogens (tertiary/aromatic N) is 2. The van der Waals surface area contributed by atoms with Crippen LogP contribution in [0.15, 0.2) is 48.5 Å². The molecular weight excluding hydrogens is 434 g/mol. The van der Waals surface area contributed by atoms with Crippen molar-refractivity contribution in [2.75, 3.05) is 47.0 Å². The Morgan fingerprint density at radius 2 is 1.79 bits per heavy atom. The van der Waals surface area contributed by atoms with E-state index in [-0.39, 0.29) is 17.9 Å². The number of ether oxygens (including phenoxy) is 3. The monoisotopic (exact) mass is 467 g/mol. The van der Waals surface area contributed by atoms with Crippen molar-refractivity contribution in [2.24, 2.45) is 0 Å². The third-order valence-corrected chi connectivity index (χ3v) is 6.48. The number of methoxy groups -OCH3 is 2. The molecule has 2 aromatic carbocycles. The van der Waals surface area contributed by atoms with E-state index >= 15 is 0 Å². The highest BCUT2D eigenvalue weighted by Crippen LogP contribution is 2.37. The fourth-order valence-corrected chi connectivity index (χ4v) is 4.69. The summed E-state index contributed by atoms with van der Waals surface area (Å²) >= 11 is 0. The molecule has 34 heavy (non-hydrogen) atoms. The molecule has 1 N–H and O–H groups in total. The molecule has 8 nitrogen and oxygen atoms in total. The molecule has 0 aromatic heterocycles. The molecule has 2 amide bonds. The van der Waals surface area contributed by atoms with Crippen LogP contribution in [-0.2, 0) is 20.9 Å². The van der Waals surface area contributed by atoms with E-state index in [9.17, 15) is 9.59 Å². The first-order valence-corrected chi connectivity index (χ1v) is 11.8. The summed E-state index contributed by atoms with van der Waals surface area (Å²) in [7, 11) is 3.17. The van der Waals surface area contributed by atoms with Crippen LogP contribution in [0.3, 0.4) is 0 Å². The Morgan fingerprint density at radius 3 is 2.44 bits per heavy atom. The van der Waals surface area contributed by atoms with Gasteiger partial charge in [-0.1, -0.05) is 42.5 Å². The van der Waals surface area contributed by atoms with Gasteiger partial charge in [0, 0.05) is 44.9 Å². The van der Waals surface area contributed by atoms with Crippen molar-refractivity contribution in [1.29, 1.82) is 0 Å². The van der Waals surface area contributed by atoms with E-state index in [1.165, 1.54) is 0 Å². The molecule has 2 saturated heterocycles. The molecule has 2 fully saturated rings. The minimum absolute atomic E-state index is 0.0567. The van der Waals surface area contributed by atoms with Crippen molar-refractivity contribution in [2.45, 2.75) is 31.5 Å². The van der Waals surface area contributed by atoms with Crippen LogP contribution in [0.1, 0.15) is 30.0 Å². The standard InChI is InChI=1S/C26H33N3O5/c1-32-21-11-6-10-20(24(21)33-2)23(25(30)27-18-19-8-4-3-5-9-19)28-13-15-29(16-14-28)26(31)22-12-7-17-34-22/h3-6,8-11,22-23H,7,12-18H2,1-2H3,(H,27,30). The van der Waals surface area contributed by atoms with Gasteiger partial charge >= 0.3 is 0 Å². The van der Waals surface area contributed by atoms with E-state index in [1.54, 1.807) is 14.2 Å². The summed E-state index contributed by atoms with van der Waals surface area (Å²) in [6.45, 7) is 3.32. The summed E-state index contributed by atoms with van der Waals surface area (Å²) in [5.74, 6) is 1.06. The third-order valence-electron chi connectivity index (χ3n) is 6.48. The molecule has 182 valence electrons. The lowest BCUT2D eigenvalue weighted by Crippen LogP contribution is -2.54. The van der Waals surface area contributed by atoms with Crippen molar-refractivity contribution in [3.8, 4) is 11.5 Å². The van der Waals surface area contributed by atoms with Gasteiger partial charge < -0.3 is 24.4 Å². The molecule has 0 saturated carbocycles. The Morgan fingerprint density at radius 1 is 1.03 bits per heavy atom. The van der Waals surface area contributed by atoms with E-state index in [2.05, 4.69) is 10.2 Å². The number of carbonyl (C=O) groups excluding carboxylic acids is 2. The zero-order valence-corrected chi connectivity index (χ0v) is 19.9. The molecule has 0 aliphatic carbocycles. The van der Waals surface area contributed by atoms with Gasteiger partial charge in [-0.2, -0.15) is 0 Å². The topological polar surface area (TPSA) is 80.3 Å². The maximum absolute atomic E-state index is 13.6. The SMILES string of the molecule is COc1cccc(C(C(=O)NCc2ccccc2)N2CCN(C(=O)C3CCCO3)CC2)c1OC. The Balaban J connectivity index is 1.53. The molecule has 8 heteroatoms. The molecule has 2 heterocycles. The van der Waals surface area contributed by atoms with Crippen LogP contribution in [-0.4, -0.2) is 74.7 Å². The third kappa shape index (κ3) is 5.34. The molecule has 4 rings (SSSR count). The van der Waals surface area contributed by atoms with Crippen molar-refractivity contribution in [3.05, 3.63) is 59.7 Å². The summed E-state index contributed by atoms with van der Waals surface area (Å²) in [4.78, 5) is 30.3. The van der Waals surface area contributed by atoms with Crippen LogP contribution >= 0.6 is 0 Å². The molecule has 0 radical (unpaired) electrons. The minimum atomic E-state index is -0.575. The lowest BCUT2D eigenvalue weighted by Gasteiger charge is -2.39. The fourth-order valence-electron chi connectivity index (χ4n) is 4.69. The van der Waals surface area contributed by atoms with E-state index < -0.39 is 6.04 Å². The predicted octanol–water partition coefficient (Wildman–Crippen LogP) is 2.38. The largest absolute Gasteiger partial charge is 0.493 e. The molecule has 2 aliphatic heterocycles. The first-order chi connectivity index (χ1) is 16.6. The quantitative estimate of drug-likeness (QED) is 0.642. The number of benzene rings is 2. The summed E-state index contributed by atoms with van der Waals surface area (Å²) in [6.07, 6.45) is 1.38. The van der Waals surface area contributed by atoms with Gasteiger partial charge in [-0.25, -0.2) is 0 Å². The normalized spacial score (nSPS) is 19.5. The Hall–Kier alpha value is -3.10. The predicted molar refractivity (Wildman–Crippen MR) is 128 cm³/mol. The van der Waals surface area contributed by atoms with Crippen molar-refractivity contribution >= 4 is 11.8 Å². The fraction of sp³-hybridized carbons (Fsp3) is 0.462. The lowest BCUT2D eigenvalue weighted by atomic mass is 10.0. The van der Waals surface area contributed by atoms with Crippen LogP contribution in [0.25, 0.3) is 0 Å². The number of nitrogens with one attached hydrogen (secondary N) is 1.